The monoisotopic (exact) mass is 663 g/mol. The Morgan fingerprint density at radius 1 is 1.07 bits per heavy atom. The molecule has 0 bridgehead atoms. The number of phenolic OH excluding ortho intramolecular Hbond substituents is 1. The molecular weight excluding hydrogens is 633 g/mol. The lowest BCUT2D eigenvalue weighted by atomic mass is 10.1. The van der Waals surface area contributed by atoms with Gasteiger partial charge in [0.05, 0.1) is 11.5 Å². The van der Waals surface area contributed by atoms with Crippen molar-refractivity contribution in [2.45, 2.75) is 19.8 Å². The van der Waals surface area contributed by atoms with Gasteiger partial charge in [0.1, 0.15) is 5.75 Å². The maximum atomic E-state index is 11.4. The highest BCUT2D eigenvalue weighted by Gasteiger charge is 2.23. The fourth-order valence-corrected chi connectivity index (χ4v) is 5.58. The fourth-order valence-electron chi connectivity index (χ4n) is 4.63. The molecule has 0 saturated carbocycles. The number of guanidine groups is 1. The lowest BCUT2D eigenvalue weighted by molar-refractivity contribution is -0.385. The van der Waals surface area contributed by atoms with Crippen molar-refractivity contribution in [3.05, 3.63) is 90.4 Å². The summed E-state index contributed by atoms with van der Waals surface area (Å²) in [5.74, 6) is 1.30. The quantitative estimate of drug-likeness (QED) is 0.113. The SMILES string of the molecule is CCOc1cc(N2CCN(C(=NCCc3ccc(Cl)cc3Cl)NCCc3cc(O)ccc3Br)CC2)ccc1[N+](=O)[O-]. The minimum absolute atomic E-state index is 0.0352. The Hall–Kier alpha value is -3.21. The number of aliphatic imine (C=N–C) groups is 1. The van der Waals surface area contributed by atoms with Crippen LogP contribution in [0.4, 0.5) is 11.4 Å². The van der Waals surface area contributed by atoms with Crippen LogP contribution in [0.5, 0.6) is 11.5 Å². The Morgan fingerprint density at radius 3 is 2.56 bits per heavy atom. The number of piperazine rings is 1. The zero-order chi connectivity index (χ0) is 29.4. The van der Waals surface area contributed by atoms with Gasteiger partial charge in [-0.3, -0.25) is 15.1 Å². The van der Waals surface area contributed by atoms with Crippen LogP contribution >= 0.6 is 39.1 Å². The number of ether oxygens (including phenoxy) is 1. The van der Waals surface area contributed by atoms with E-state index in [0.717, 1.165) is 27.2 Å². The summed E-state index contributed by atoms with van der Waals surface area (Å²) < 4.78 is 6.48. The van der Waals surface area contributed by atoms with Gasteiger partial charge in [0.25, 0.3) is 0 Å². The summed E-state index contributed by atoms with van der Waals surface area (Å²) in [7, 11) is 0. The van der Waals surface area contributed by atoms with Gasteiger partial charge in [0.15, 0.2) is 11.7 Å². The second-order valence-corrected chi connectivity index (χ2v) is 11.2. The van der Waals surface area contributed by atoms with Gasteiger partial charge in [-0.2, -0.15) is 0 Å². The van der Waals surface area contributed by atoms with E-state index in [1.807, 2.05) is 25.1 Å². The van der Waals surface area contributed by atoms with E-state index < -0.39 is 4.92 Å². The van der Waals surface area contributed by atoms with E-state index in [1.54, 1.807) is 30.3 Å². The number of nitrogens with zero attached hydrogens (tertiary/aromatic N) is 4. The van der Waals surface area contributed by atoms with Crippen molar-refractivity contribution in [2.24, 2.45) is 4.99 Å². The number of nitrogens with one attached hydrogen (secondary N) is 1. The van der Waals surface area contributed by atoms with Crippen molar-refractivity contribution in [1.29, 1.82) is 0 Å². The van der Waals surface area contributed by atoms with Crippen molar-refractivity contribution in [3.63, 3.8) is 0 Å². The third kappa shape index (κ3) is 8.40. The number of aromatic hydroxyl groups is 1. The Morgan fingerprint density at radius 2 is 1.85 bits per heavy atom. The Bertz CT molecular complexity index is 1400. The smallest absolute Gasteiger partial charge is 0.311 e. The first-order valence-electron chi connectivity index (χ1n) is 13.4. The fraction of sp³-hybridized carbons (Fsp3) is 0.345. The number of hydrogen-bond donors (Lipinski definition) is 2. The first-order valence-corrected chi connectivity index (χ1v) is 14.9. The van der Waals surface area contributed by atoms with Gasteiger partial charge in [0, 0.05) is 71.6 Å². The third-order valence-corrected chi connectivity index (χ3v) is 8.11. The largest absolute Gasteiger partial charge is 0.508 e. The molecule has 1 saturated heterocycles. The van der Waals surface area contributed by atoms with E-state index >= 15 is 0 Å². The first-order chi connectivity index (χ1) is 19.7. The van der Waals surface area contributed by atoms with E-state index in [-0.39, 0.29) is 17.2 Å². The summed E-state index contributed by atoms with van der Waals surface area (Å²) >= 11 is 16.0. The normalized spacial score (nSPS) is 13.8. The summed E-state index contributed by atoms with van der Waals surface area (Å²) in [5.41, 5.74) is 2.83. The highest BCUT2D eigenvalue weighted by atomic mass is 79.9. The van der Waals surface area contributed by atoms with Crippen molar-refractivity contribution < 1.29 is 14.8 Å². The summed E-state index contributed by atoms with van der Waals surface area (Å²) in [4.78, 5) is 20.3. The van der Waals surface area contributed by atoms with Gasteiger partial charge in [-0.25, -0.2) is 0 Å². The van der Waals surface area contributed by atoms with E-state index in [2.05, 4.69) is 31.0 Å². The molecular formula is C29H32BrCl2N5O4. The van der Waals surface area contributed by atoms with Gasteiger partial charge in [-0.05, 0) is 67.3 Å². The summed E-state index contributed by atoms with van der Waals surface area (Å²) in [6, 6.07) is 15.7. The van der Waals surface area contributed by atoms with Gasteiger partial charge in [-0.1, -0.05) is 45.2 Å². The van der Waals surface area contributed by atoms with Gasteiger partial charge >= 0.3 is 5.69 Å². The number of anilines is 1. The molecule has 0 radical (unpaired) electrons. The second-order valence-electron chi connectivity index (χ2n) is 9.46. The molecule has 0 amide bonds. The summed E-state index contributed by atoms with van der Waals surface area (Å²) in [5, 5.41) is 26.0. The van der Waals surface area contributed by atoms with Crippen LogP contribution in [0.1, 0.15) is 18.1 Å². The van der Waals surface area contributed by atoms with Crippen molar-refractivity contribution >= 4 is 56.5 Å². The van der Waals surface area contributed by atoms with E-state index in [9.17, 15) is 15.2 Å². The molecule has 12 heteroatoms. The molecule has 2 N–H and O–H groups in total. The van der Waals surface area contributed by atoms with E-state index in [0.29, 0.717) is 68.8 Å². The van der Waals surface area contributed by atoms with Crippen LogP contribution in [0.2, 0.25) is 10.0 Å². The molecule has 1 aliphatic rings. The summed E-state index contributed by atoms with van der Waals surface area (Å²) in [6.07, 6.45) is 1.36. The van der Waals surface area contributed by atoms with E-state index in [1.165, 1.54) is 6.07 Å². The molecule has 218 valence electrons. The Labute approximate surface area is 258 Å². The van der Waals surface area contributed by atoms with Crippen molar-refractivity contribution in [2.75, 3.05) is 50.8 Å². The van der Waals surface area contributed by atoms with Crippen molar-refractivity contribution in [1.82, 2.24) is 10.2 Å². The second kappa shape index (κ2) is 14.6. The number of hydrogen-bond acceptors (Lipinski definition) is 6. The van der Waals surface area contributed by atoms with E-state index in [4.69, 9.17) is 32.9 Å². The molecule has 0 aliphatic carbocycles. The number of nitro groups is 1. The molecule has 0 spiro atoms. The third-order valence-electron chi connectivity index (χ3n) is 6.75. The minimum Gasteiger partial charge on any atom is -0.508 e. The maximum Gasteiger partial charge on any atom is 0.311 e. The van der Waals surface area contributed by atoms with Crippen molar-refractivity contribution in [3.8, 4) is 11.5 Å². The molecule has 0 aromatic heterocycles. The molecule has 41 heavy (non-hydrogen) atoms. The lowest BCUT2D eigenvalue weighted by Crippen LogP contribution is -2.53. The zero-order valence-electron chi connectivity index (χ0n) is 22.7. The van der Waals surface area contributed by atoms with Crippen LogP contribution in [-0.4, -0.2) is 66.8 Å². The highest BCUT2D eigenvalue weighted by Crippen LogP contribution is 2.32. The molecule has 0 unspecified atom stereocenters. The first kappa shape index (κ1) is 30.7. The number of rotatable bonds is 10. The average Bonchev–Trinajstić information content (AvgIpc) is 2.95. The molecule has 3 aromatic rings. The average molecular weight is 665 g/mol. The van der Waals surface area contributed by atoms with Crippen LogP contribution in [0, 0.1) is 10.1 Å². The van der Waals surface area contributed by atoms with Crippen LogP contribution in [0.3, 0.4) is 0 Å². The predicted octanol–water partition coefficient (Wildman–Crippen LogP) is 6.32. The number of halogens is 3. The number of nitro benzene ring substituents is 1. The summed E-state index contributed by atoms with van der Waals surface area (Å²) in [6.45, 7) is 6.18. The minimum atomic E-state index is -0.423. The topological polar surface area (TPSA) is 103 Å². The molecule has 4 rings (SSSR count). The molecule has 9 nitrogen and oxygen atoms in total. The Balaban J connectivity index is 1.44. The van der Waals surface area contributed by atoms with Gasteiger partial charge < -0.3 is 25.0 Å². The molecule has 3 aromatic carbocycles. The van der Waals surface area contributed by atoms with Crippen LogP contribution < -0.4 is 15.0 Å². The van der Waals surface area contributed by atoms with Gasteiger partial charge in [0.2, 0.25) is 0 Å². The highest BCUT2D eigenvalue weighted by molar-refractivity contribution is 9.10. The standard InChI is InChI=1S/C29H32BrCl2N5O4/c1-2-41-28-19-23(5-8-27(28)37(39)40)35-13-15-36(16-14-35)29(33-11-9-20-3-4-22(31)18-26(20)32)34-12-10-21-17-24(38)6-7-25(21)30/h3-8,17-19,38H,2,9-16H2,1H3,(H,33,34). The number of phenols is 1. The van der Waals surface area contributed by atoms with Gasteiger partial charge in [-0.15, -0.1) is 0 Å². The zero-order valence-corrected chi connectivity index (χ0v) is 25.8. The molecule has 0 atom stereocenters. The molecule has 1 aliphatic heterocycles. The van der Waals surface area contributed by atoms with Crippen LogP contribution in [-0.2, 0) is 12.8 Å². The molecule has 1 fully saturated rings. The van der Waals surface area contributed by atoms with Crippen LogP contribution in [0.25, 0.3) is 0 Å². The Kier molecular flexibility index (Phi) is 11.0. The molecule has 1 heterocycles. The van der Waals surface area contributed by atoms with Crippen LogP contribution in [0.15, 0.2) is 64.1 Å². The predicted molar refractivity (Wildman–Crippen MR) is 168 cm³/mol. The number of benzene rings is 3. The maximum absolute atomic E-state index is 11.4. The lowest BCUT2D eigenvalue weighted by Gasteiger charge is -2.38.